The van der Waals surface area contributed by atoms with Gasteiger partial charge < -0.3 is 10.1 Å². The van der Waals surface area contributed by atoms with E-state index in [1.807, 2.05) is 5.38 Å². The Labute approximate surface area is 146 Å². The molecule has 1 aliphatic heterocycles. The molecule has 3 rings (SSSR count). The molecular weight excluding hydrogens is 322 g/mol. The summed E-state index contributed by atoms with van der Waals surface area (Å²) in [7, 11) is 0. The van der Waals surface area contributed by atoms with Crippen LogP contribution >= 0.6 is 11.3 Å². The number of anilines is 1. The molecule has 24 heavy (non-hydrogen) atoms. The minimum atomic E-state index is -0.236. The van der Waals surface area contributed by atoms with Crippen LogP contribution in [0, 0.1) is 0 Å². The second-order valence-corrected chi connectivity index (χ2v) is 6.66. The van der Waals surface area contributed by atoms with Crippen molar-refractivity contribution in [3.05, 3.63) is 35.2 Å². The van der Waals surface area contributed by atoms with Crippen LogP contribution in [0.3, 0.4) is 0 Å². The number of carbonyl (C=O) groups excluding carboxylic acids is 1. The van der Waals surface area contributed by atoms with Gasteiger partial charge in [0.05, 0.1) is 18.9 Å². The van der Waals surface area contributed by atoms with E-state index in [1.54, 1.807) is 0 Å². The number of nitrogens with zero attached hydrogens (tertiary/aromatic N) is 2. The maximum Gasteiger partial charge on any atom is 0.245 e. The zero-order chi connectivity index (χ0) is 16.9. The summed E-state index contributed by atoms with van der Waals surface area (Å²) in [5, 5.41) is 5.55. The molecule has 0 radical (unpaired) electrons. The molecule has 1 amide bonds. The van der Waals surface area contributed by atoms with Crippen molar-refractivity contribution < 1.29 is 9.53 Å². The van der Waals surface area contributed by atoms with Crippen LogP contribution in [-0.2, 0) is 16.0 Å². The molecule has 6 heteroatoms. The van der Waals surface area contributed by atoms with Gasteiger partial charge in [0.2, 0.25) is 5.91 Å². The Kier molecular flexibility index (Phi) is 5.60. The van der Waals surface area contributed by atoms with E-state index < -0.39 is 0 Å². The van der Waals surface area contributed by atoms with E-state index in [0.29, 0.717) is 18.3 Å². The van der Waals surface area contributed by atoms with Crippen LogP contribution in [0.25, 0.3) is 11.3 Å². The zero-order valence-electron chi connectivity index (χ0n) is 14.1. The Morgan fingerprint density at radius 2 is 2.17 bits per heavy atom. The number of amides is 1. The van der Waals surface area contributed by atoms with Crippen molar-refractivity contribution in [2.75, 3.05) is 31.6 Å². The fraction of sp³-hybridized carbons (Fsp3) is 0.444. The number of benzene rings is 1. The van der Waals surface area contributed by atoms with Crippen molar-refractivity contribution in [1.82, 2.24) is 9.88 Å². The summed E-state index contributed by atoms with van der Waals surface area (Å²) in [6.45, 7) is 6.96. The summed E-state index contributed by atoms with van der Waals surface area (Å²) in [6, 6.07) is 8.15. The van der Waals surface area contributed by atoms with E-state index in [0.717, 1.165) is 30.8 Å². The summed E-state index contributed by atoms with van der Waals surface area (Å²) < 4.78 is 5.45. The lowest BCUT2D eigenvalue weighted by molar-refractivity contribution is -0.127. The fourth-order valence-electron chi connectivity index (χ4n) is 2.82. The van der Waals surface area contributed by atoms with Gasteiger partial charge in [-0.25, -0.2) is 4.98 Å². The Morgan fingerprint density at radius 3 is 2.88 bits per heavy atom. The summed E-state index contributed by atoms with van der Waals surface area (Å²) in [4.78, 5) is 19.2. The van der Waals surface area contributed by atoms with Crippen LogP contribution < -0.4 is 5.32 Å². The minimum Gasteiger partial charge on any atom is -0.378 e. The summed E-state index contributed by atoms with van der Waals surface area (Å²) in [6.07, 6.45) is 1.02. The van der Waals surface area contributed by atoms with E-state index in [4.69, 9.17) is 4.74 Å². The first-order valence-electron chi connectivity index (χ1n) is 8.38. The summed E-state index contributed by atoms with van der Waals surface area (Å²) in [5.41, 5.74) is 3.27. The molecule has 1 atom stereocenters. The maximum absolute atomic E-state index is 12.5. The smallest absolute Gasteiger partial charge is 0.245 e. The number of aromatic nitrogens is 1. The largest absolute Gasteiger partial charge is 0.378 e. The maximum atomic E-state index is 12.5. The molecule has 0 saturated carbocycles. The van der Waals surface area contributed by atoms with Crippen molar-refractivity contribution in [2.45, 2.75) is 26.3 Å². The van der Waals surface area contributed by atoms with Crippen LogP contribution in [0.4, 0.5) is 5.13 Å². The highest BCUT2D eigenvalue weighted by Gasteiger charge is 2.28. The number of ether oxygens (including phenoxy) is 1. The first kappa shape index (κ1) is 17.1. The number of hydrogen-bond donors (Lipinski definition) is 1. The normalized spacial score (nSPS) is 18.5. The van der Waals surface area contributed by atoms with Crippen molar-refractivity contribution in [1.29, 1.82) is 0 Å². The summed E-state index contributed by atoms with van der Waals surface area (Å²) >= 11 is 1.45. The lowest BCUT2D eigenvalue weighted by Crippen LogP contribution is -2.51. The van der Waals surface area contributed by atoms with E-state index in [2.05, 4.69) is 53.3 Å². The number of likely N-dealkylation sites (N-methyl/N-ethyl adjacent to an activating group) is 1. The van der Waals surface area contributed by atoms with Crippen LogP contribution in [0.1, 0.15) is 19.4 Å². The minimum absolute atomic E-state index is 0.0428. The number of nitrogens with one attached hydrogen (secondary N) is 1. The quantitative estimate of drug-likeness (QED) is 0.905. The molecule has 2 aromatic rings. The number of morpholine rings is 1. The lowest BCUT2D eigenvalue weighted by Gasteiger charge is -2.33. The van der Waals surface area contributed by atoms with Crippen LogP contribution in [0.15, 0.2) is 29.6 Å². The monoisotopic (exact) mass is 345 g/mol. The topological polar surface area (TPSA) is 54.5 Å². The standard InChI is InChI=1S/C18H23N3O2S/c1-3-13-5-7-14(8-6-13)15-12-24-18(19-15)20-17(22)16-11-23-10-9-21(16)4-2/h5-8,12,16H,3-4,9-11H2,1-2H3,(H,19,20,22). The fourth-order valence-corrected chi connectivity index (χ4v) is 3.54. The molecule has 1 N–H and O–H groups in total. The predicted octanol–water partition coefficient (Wildman–Crippen LogP) is 3.03. The molecule has 1 aromatic carbocycles. The molecule has 1 unspecified atom stereocenters. The highest BCUT2D eigenvalue weighted by molar-refractivity contribution is 7.14. The zero-order valence-corrected chi connectivity index (χ0v) is 14.9. The Balaban J connectivity index is 1.67. The van der Waals surface area contributed by atoms with Gasteiger partial charge in [0.25, 0.3) is 0 Å². The SMILES string of the molecule is CCc1ccc(-c2csc(NC(=O)C3COCCN3CC)n2)cc1. The van der Waals surface area contributed by atoms with Gasteiger partial charge in [-0.2, -0.15) is 0 Å². The third-order valence-corrected chi connectivity index (χ3v) is 5.10. The number of rotatable bonds is 5. The van der Waals surface area contributed by atoms with Gasteiger partial charge in [-0.1, -0.05) is 38.1 Å². The number of carbonyl (C=O) groups is 1. The third kappa shape index (κ3) is 3.83. The van der Waals surface area contributed by atoms with Crippen molar-refractivity contribution in [3.63, 3.8) is 0 Å². The van der Waals surface area contributed by atoms with E-state index in [9.17, 15) is 4.79 Å². The number of aryl methyl sites for hydroxylation is 1. The average Bonchev–Trinajstić information content (AvgIpc) is 3.10. The van der Waals surface area contributed by atoms with Crippen molar-refractivity contribution in [2.24, 2.45) is 0 Å². The van der Waals surface area contributed by atoms with Crippen LogP contribution in [-0.4, -0.2) is 48.1 Å². The molecule has 1 aromatic heterocycles. The molecule has 1 fully saturated rings. The van der Waals surface area contributed by atoms with Crippen LogP contribution in [0.2, 0.25) is 0 Å². The van der Waals surface area contributed by atoms with Gasteiger partial charge in [-0.15, -0.1) is 11.3 Å². The van der Waals surface area contributed by atoms with Gasteiger partial charge in [0, 0.05) is 17.5 Å². The van der Waals surface area contributed by atoms with Gasteiger partial charge in [-0.05, 0) is 18.5 Å². The summed E-state index contributed by atoms with van der Waals surface area (Å²) in [5.74, 6) is -0.0428. The second-order valence-electron chi connectivity index (χ2n) is 5.80. The second kappa shape index (κ2) is 7.88. The number of hydrogen-bond acceptors (Lipinski definition) is 5. The number of thiazole rings is 1. The van der Waals surface area contributed by atoms with Gasteiger partial charge in [0.15, 0.2) is 5.13 Å². The first-order chi connectivity index (χ1) is 11.7. The van der Waals surface area contributed by atoms with Crippen LogP contribution in [0.5, 0.6) is 0 Å². The van der Waals surface area contributed by atoms with E-state index >= 15 is 0 Å². The lowest BCUT2D eigenvalue weighted by atomic mass is 10.1. The van der Waals surface area contributed by atoms with E-state index in [1.165, 1.54) is 16.9 Å². The Morgan fingerprint density at radius 1 is 1.38 bits per heavy atom. The van der Waals surface area contributed by atoms with Crippen molar-refractivity contribution in [3.8, 4) is 11.3 Å². The third-order valence-electron chi connectivity index (χ3n) is 4.34. The van der Waals surface area contributed by atoms with Gasteiger partial charge >= 0.3 is 0 Å². The predicted molar refractivity (Wildman–Crippen MR) is 97.4 cm³/mol. The highest BCUT2D eigenvalue weighted by Crippen LogP contribution is 2.25. The Bertz CT molecular complexity index is 684. The molecule has 0 bridgehead atoms. The highest BCUT2D eigenvalue weighted by atomic mass is 32.1. The molecule has 2 heterocycles. The molecule has 0 aliphatic carbocycles. The van der Waals surface area contributed by atoms with Crippen molar-refractivity contribution >= 4 is 22.4 Å². The molecule has 1 aliphatic rings. The average molecular weight is 345 g/mol. The molecular formula is C18H23N3O2S. The van der Waals surface area contributed by atoms with Gasteiger partial charge in [-0.3, -0.25) is 9.69 Å². The molecule has 128 valence electrons. The first-order valence-corrected chi connectivity index (χ1v) is 9.26. The Hall–Kier alpha value is -1.76. The van der Waals surface area contributed by atoms with E-state index in [-0.39, 0.29) is 11.9 Å². The molecule has 1 saturated heterocycles. The molecule has 5 nitrogen and oxygen atoms in total. The van der Waals surface area contributed by atoms with Gasteiger partial charge in [0.1, 0.15) is 6.04 Å². The molecule has 0 spiro atoms.